The molecule has 2 aromatic rings. The largest absolute Gasteiger partial charge is 0.344 e. The Morgan fingerprint density at radius 3 is 3.12 bits per heavy atom. The van der Waals surface area contributed by atoms with Gasteiger partial charge in [0.2, 0.25) is 0 Å². The van der Waals surface area contributed by atoms with Gasteiger partial charge in [0.15, 0.2) is 0 Å². The second kappa shape index (κ2) is 4.30. The second-order valence-corrected chi connectivity index (χ2v) is 4.34. The average molecular weight is 231 g/mol. The molecule has 0 radical (unpaired) electrons. The molecule has 88 valence electrons. The standard InChI is InChI=1S/C13H14FN3/c14-10-3-1-2-9(6-10)7-13-16-11-4-5-15-8-12(11)17-13/h1-3,6,15H,4-5,7-8H2,(H,16,17). The number of hydrogen-bond donors (Lipinski definition) is 2. The molecule has 1 aromatic carbocycles. The lowest BCUT2D eigenvalue weighted by atomic mass is 10.1. The van der Waals surface area contributed by atoms with Crippen LogP contribution >= 0.6 is 0 Å². The summed E-state index contributed by atoms with van der Waals surface area (Å²) >= 11 is 0. The van der Waals surface area contributed by atoms with Crippen molar-refractivity contribution in [2.45, 2.75) is 19.4 Å². The highest BCUT2D eigenvalue weighted by Gasteiger charge is 2.13. The van der Waals surface area contributed by atoms with Gasteiger partial charge < -0.3 is 10.3 Å². The first-order valence-corrected chi connectivity index (χ1v) is 5.83. The fourth-order valence-electron chi connectivity index (χ4n) is 2.20. The SMILES string of the molecule is Fc1cccc(Cc2nc3c([nH]2)CNCC3)c1. The molecule has 1 aliphatic rings. The maximum absolute atomic E-state index is 13.1. The predicted molar refractivity (Wildman–Crippen MR) is 63.2 cm³/mol. The van der Waals surface area contributed by atoms with Crippen molar-refractivity contribution < 1.29 is 4.39 Å². The molecule has 0 fully saturated rings. The molecular weight excluding hydrogens is 217 g/mol. The third-order valence-electron chi connectivity index (χ3n) is 3.01. The Bertz CT molecular complexity index is 510. The van der Waals surface area contributed by atoms with Crippen LogP contribution in [0.15, 0.2) is 24.3 Å². The molecule has 3 rings (SSSR count). The molecule has 1 aliphatic heterocycles. The van der Waals surface area contributed by atoms with E-state index in [2.05, 4.69) is 15.3 Å². The summed E-state index contributed by atoms with van der Waals surface area (Å²) in [5.41, 5.74) is 3.27. The third kappa shape index (κ3) is 2.22. The summed E-state index contributed by atoms with van der Waals surface area (Å²) in [5.74, 6) is 0.727. The van der Waals surface area contributed by atoms with E-state index in [1.807, 2.05) is 6.07 Å². The van der Waals surface area contributed by atoms with E-state index >= 15 is 0 Å². The van der Waals surface area contributed by atoms with Gasteiger partial charge in [0.25, 0.3) is 0 Å². The van der Waals surface area contributed by atoms with Crippen LogP contribution in [0.25, 0.3) is 0 Å². The number of hydrogen-bond acceptors (Lipinski definition) is 2. The number of benzene rings is 1. The van der Waals surface area contributed by atoms with Crippen LogP contribution in [0.5, 0.6) is 0 Å². The maximum Gasteiger partial charge on any atom is 0.123 e. The summed E-state index contributed by atoms with van der Waals surface area (Å²) in [5, 5.41) is 3.30. The van der Waals surface area contributed by atoms with E-state index in [4.69, 9.17) is 0 Å². The molecule has 0 saturated heterocycles. The van der Waals surface area contributed by atoms with Gasteiger partial charge >= 0.3 is 0 Å². The van der Waals surface area contributed by atoms with Gasteiger partial charge in [0, 0.05) is 25.9 Å². The molecule has 0 aliphatic carbocycles. The van der Waals surface area contributed by atoms with Crippen LogP contribution in [0.3, 0.4) is 0 Å². The Balaban J connectivity index is 1.83. The molecule has 17 heavy (non-hydrogen) atoms. The van der Waals surface area contributed by atoms with Crippen LogP contribution in [0, 0.1) is 5.82 Å². The van der Waals surface area contributed by atoms with Crippen molar-refractivity contribution in [1.82, 2.24) is 15.3 Å². The number of halogens is 1. The molecule has 2 N–H and O–H groups in total. The van der Waals surface area contributed by atoms with E-state index in [9.17, 15) is 4.39 Å². The minimum Gasteiger partial charge on any atom is -0.344 e. The van der Waals surface area contributed by atoms with Gasteiger partial charge in [-0.25, -0.2) is 9.37 Å². The second-order valence-electron chi connectivity index (χ2n) is 4.34. The highest BCUT2D eigenvalue weighted by Crippen LogP contribution is 2.14. The zero-order valence-corrected chi connectivity index (χ0v) is 9.46. The smallest absolute Gasteiger partial charge is 0.123 e. The summed E-state index contributed by atoms with van der Waals surface area (Å²) < 4.78 is 13.1. The average Bonchev–Trinajstić information content (AvgIpc) is 2.71. The van der Waals surface area contributed by atoms with Gasteiger partial charge in [0.1, 0.15) is 11.6 Å². The Labute approximate surface area is 99.1 Å². The Kier molecular flexibility index (Phi) is 2.65. The van der Waals surface area contributed by atoms with Gasteiger partial charge in [-0.1, -0.05) is 12.1 Å². The van der Waals surface area contributed by atoms with Crippen LogP contribution in [0.4, 0.5) is 4.39 Å². The fraction of sp³-hybridized carbons (Fsp3) is 0.308. The summed E-state index contributed by atoms with van der Waals surface area (Å²) in [6.07, 6.45) is 1.62. The van der Waals surface area contributed by atoms with Crippen LogP contribution in [-0.4, -0.2) is 16.5 Å². The Morgan fingerprint density at radius 2 is 2.29 bits per heavy atom. The van der Waals surface area contributed by atoms with Crippen molar-refractivity contribution in [3.63, 3.8) is 0 Å². The first kappa shape index (κ1) is 10.5. The number of fused-ring (bicyclic) bond motifs is 1. The molecule has 1 aromatic heterocycles. The summed E-state index contributed by atoms with van der Waals surface area (Å²) in [6, 6.07) is 6.66. The zero-order chi connectivity index (χ0) is 11.7. The molecule has 3 nitrogen and oxygen atoms in total. The van der Waals surface area contributed by atoms with Crippen molar-refractivity contribution in [1.29, 1.82) is 0 Å². The number of aromatic amines is 1. The van der Waals surface area contributed by atoms with Crippen molar-refractivity contribution >= 4 is 0 Å². The van der Waals surface area contributed by atoms with Crippen LogP contribution in [0.2, 0.25) is 0 Å². The van der Waals surface area contributed by atoms with Gasteiger partial charge in [-0.15, -0.1) is 0 Å². The summed E-state index contributed by atoms with van der Waals surface area (Å²) in [4.78, 5) is 7.86. The number of imidazole rings is 1. The summed E-state index contributed by atoms with van der Waals surface area (Å²) in [7, 11) is 0. The topological polar surface area (TPSA) is 40.7 Å². The van der Waals surface area contributed by atoms with Gasteiger partial charge in [-0.2, -0.15) is 0 Å². The van der Waals surface area contributed by atoms with E-state index in [0.717, 1.165) is 36.6 Å². The zero-order valence-electron chi connectivity index (χ0n) is 9.46. The van der Waals surface area contributed by atoms with E-state index < -0.39 is 0 Å². The van der Waals surface area contributed by atoms with E-state index in [0.29, 0.717) is 6.42 Å². The Morgan fingerprint density at radius 1 is 1.35 bits per heavy atom. The van der Waals surface area contributed by atoms with E-state index in [1.165, 1.54) is 11.8 Å². The lowest BCUT2D eigenvalue weighted by Crippen LogP contribution is -2.23. The van der Waals surface area contributed by atoms with Crippen LogP contribution in [0.1, 0.15) is 22.8 Å². The third-order valence-corrected chi connectivity index (χ3v) is 3.01. The quantitative estimate of drug-likeness (QED) is 0.827. The van der Waals surface area contributed by atoms with Crippen molar-refractivity contribution in [2.75, 3.05) is 6.54 Å². The predicted octanol–water partition coefficient (Wildman–Crippen LogP) is 1.79. The molecule has 0 amide bonds. The lowest BCUT2D eigenvalue weighted by Gasteiger charge is -2.09. The lowest BCUT2D eigenvalue weighted by molar-refractivity contribution is 0.625. The summed E-state index contributed by atoms with van der Waals surface area (Å²) in [6.45, 7) is 1.84. The maximum atomic E-state index is 13.1. The van der Waals surface area contributed by atoms with Crippen LogP contribution in [-0.2, 0) is 19.4 Å². The monoisotopic (exact) mass is 231 g/mol. The minimum absolute atomic E-state index is 0.194. The van der Waals surface area contributed by atoms with Gasteiger partial charge in [0.05, 0.1) is 11.4 Å². The number of H-pyrrole nitrogens is 1. The highest BCUT2D eigenvalue weighted by atomic mass is 19.1. The fourth-order valence-corrected chi connectivity index (χ4v) is 2.20. The van der Waals surface area contributed by atoms with Crippen molar-refractivity contribution in [3.05, 3.63) is 52.9 Å². The minimum atomic E-state index is -0.194. The number of aromatic nitrogens is 2. The first-order valence-electron chi connectivity index (χ1n) is 5.83. The molecular formula is C13H14FN3. The number of rotatable bonds is 2. The van der Waals surface area contributed by atoms with Crippen molar-refractivity contribution in [2.24, 2.45) is 0 Å². The van der Waals surface area contributed by atoms with Gasteiger partial charge in [-0.05, 0) is 17.7 Å². The normalized spacial score (nSPS) is 14.6. The van der Waals surface area contributed by atoms with Gasteiger partial charge in [-0.3, -0.25) is 0 Å². The molecule has 0 saturated carbocycles. The van der Waals surface area contributed by atoms with Crippen LogP contribution < -0.4 is 5.32 Å². The molecule has 2 heterocycles. The number of nitrogens with zero attached hydrogens (tertiary/aromatic N) is 1. The first-order chi connectivity index (χ1) is 8.31. The highest BCUT2D eigenvalue weighted by molar-refractivity contribution is 5.24. The molecule has 0 atom stereocenters. The molecule has 0 bridgehead atoms. The number of nitrogens with one attached hydrogen (secondary N) is 2. The molecule has 4 heteroatoms. The molecule has 0 spiro atoms. The van der Waals surface area contributed by atoms with Crippen molar-refractivity contribution in [3.8, 4) is 0 Å². The van der Waals surface area contributed by atoms with E-state index in [1.54, 1.807) is 12.1 Å². The van der Waals surface area contributed by atoms with E-state index in [-0.39, 0.29) is 5.82 Å². The Hall–Kier alpha value is -1.68. The molecule has 0 unspecified atom stereocenters.